The molecule has 0 aliphatic carbocycles. The van der Waals surface area contributed by atoms with Gasteiger partial charge in [0, 0.05) is 25.5 Å². The molecule has 0 saturated heterocycles. The van der Waals surface area contributed by atoms with Gasteiger partial charge in [-0.1, -0.05) is 0 Å². The van der Waals surface area contributed by atoms with E-state index in [1.807, 2.05) is 25.2 Å². The molecular weight excluding hydrogens is 354 g/mol. The largest absolute Gasteiger partial charge is 0.452 e. The van der Waals surface area contributed by atoms with Crippen molar-refractivity contribution in [2.24, 2.45) is 0 Å². The molecule has 2 aromatic rings. The first-order valence-electron chi connectivity index (χ1n) is 8.14. The van der Waals surface area contributed by atoms with Crippen LogP contribution in [0.4, 0.5) is 4.79 Å². The van der Waals surface area contributed by atoms with E-state index in [9.17, 15) is 14.4 Å². The number of urea groups is 1. The number of aromatic nitrogens is 3. The van der Waals surface area contributed by atoms with Crippen LogP contribution >= 0.6 is 0 Å². The zero-order valence-corrected chi connectivity index (χ0v) is 15.3. The number of aryl methyl sites for hydroxylation is 2. The third kappa shape index (κ3) is 5.89. The molecule has 144 valence electrons. The zero-order chi connectivity index (χ0) is 19.8. The third-order valence-corrected chi connectivity index (χ3v) is 3.39. The molecule has 0 spiro atoms. The third-order valence-electron chi connectivity index (χ3n) is 3.39. The van der Waals surface area contributed by atoms with E-state index in [4.69, 9.17) is 9.47 Å². The second-order valence-corrected chi connectivity index (χ2v) is 5.62. The molecule has 0 aliphatic heterocycles. The second kappa shape index (κ2) is 9.43. The fraction of sp³-hybridized carbons (Fsp3) is 0.353. The number of carbonyl (C=O) groups is 3. The summed E-state index contributed by atoms with van der Waals surface area (Å²) in [5.74, 6) is -0.912. The number of ether oxygens (including phenoxy) is 2. The summed E-state index contributed by atoms with van der Waals surface area (Å²) in [5.41, 5.74) is 1.95. The van der Waals surface area contributed by atoms with Crippen LogP contribution in [0.25, 0.3) is 5.82 Å². The molecule has 2 rings (SSSR count). The maximum Gasteiger partial charge on any atom is 0.340 e. The van der Waals surface area contributed by atoms with E-state index in [0.717, 1.165) is 11.4 Å². The van der Waals surface area contributed by atoms with Gasteiger partial charge < -0.3 is 14.8 Å². The van der Waals surface area contributed by atoms with E-state index in [0.29, 0.717) is 12.4 Å². The Morgan fingerprint density at radius 2 is 2.00 bits per heavy atom. The van der Waals surface area contributed by atoms with E-state index in [1.165, 1.54) is 19.4 Å². The highest BCUT2D eigenvalue weighted by Gasteiger charge is 2.13. The quantitative estimate of drug-likeness (QED) is 0.534. The predicted molar refractivity (Wildman–Crippen MR) is 94.5 cm³/mol. The van der Waals surface area contributed by atoms with Crippen LogP contribution in [0.3, 0.4) is 0 Å². The minimum atomic E-state index is -0.745. The van der Waals surface area contributed by atoms with Crippen LogP contribution < -0.4 is 10.6 Å². The lowest BCUT2D eigenvalue weighted by Gasteiger charge is -2.08. The molecule has 0 unspecified atom stereocenters. The molecule has 0 atom stereocenters. The highest BCUT2D eigenvalue weighted by Crippen LogP contribution is 2.10. The summed E-state index contributed by atoms with van der Waals surface area (Å²) in [6.07, 6.45) is 1.34. The second-order valence-electron chi connectivity index (χ2n) is 5.62. The van der Waals surface area contributed by atoms with Gasteiger partial charge in [0.1, 0.15) is 0 Å². The Labute approximate surface area is 155 Å². The van der Waals surface area contributed by atoms with Gasteiger partial charge in [-0.2, -0.15) is 5.10 Å². The van der Waals surface area contributed by atoms with Crippen LogP contribution in [0, 0.1) is 13.8 Å². The molecule has 0 bridgehead atoms. The average molecular weight is 375 g/mol. The number of methoxy groups -OCH3 is 1. The summed E-state index contributed by atoms with van der Waals surface area (Å²) in [5, 5.41) is 8.75. The maximum atomic E-state index is 12.0. The number of imide groups is 1. The van der Waals surface area contributed by atoms with Crippen molar-refractivity contribution in [3.05, 3.63) is 41.3 Å². The van der Waals surface area contributed by atoms with Crippen LogP contribution in [-0.2, 0) is 14.3 Å². The van der Waals surface area contributed by atoms with Crippen LogP contribution in [0.5, 0.6) is 0 Å². The van der Waals surface area contributed by atoms with Crippen molar-refractivity contribution in [3.8, 4) is 5.82 Å². The maximum absolute atomic E-state index is 12.0. The lowest BCUT2D eigenvalue weighted by molar-refractivity contribution is -0.123. The van der Waals surface area contributed by atoms with Crippen molar-refractivity contribution in [1.29, 1.82) is 0 Å². The number of amides is 3. The molecule has 10 heteroatoms. The van der Waals surface area contributed by atoms with E-state index in [-0.39, 0.29) is 12.1 Å². The first-order chi connectivity index (χ1) is 12.9. The predicted octanol–water partition coefficient (Wildman–Crippen LogP) is 0.513. The lowest BCUT2D eigenvalue weighted by Crippen LogP contribution is -2.42. The first-order valence-corrected chi connectivity index (χ1v) is 8.14. The molecule has 0 fully saturated rings. The van der Waals surface area contributed by atoms with E-state index in [1.54, 1.807) is 10.7 Å². The lowest BCUT2D eigenvalue weighted by atomic mass is 10.3. The molecule has 0 radical (unpaired) electrons. The summed E-state index contributed by atoms with van der Waals surface area (Å²) >= 11 is 0. The minimum absolute atomic E-state index is 0.178. The van der Waals surface area contributed by atoms with Crippen molar-refractivity contribution in [2.45, 2.75) is 13.8 Å². The SMILES string of the molecule is COCCNC(=O)NC(=O)COC(=O)c1ccc(-n2nc(C)cc2C)nc1. The Bertz CT molecular complexity index is 816. The number of hydrogen-bond acceptors (Lipinski definition) is 7. The van der Waals surface area contributed by atoms with Crippen molar-refractivity contribution in [1.82, 2.24) is 25.4 Å². The number of pyridine rings is 1. The molecule has 0 aliphatic rings. The highest BCUT2D eigenvalue weighted by molar-refractivity contribution is 5.96. The van der Waals surface area contributed by atoms with Crippen molar-refractivity contribution in [3.63, 3.8) is 0 Å². The number of nitrogens with one attached hydrogen (secondary N) is 2. The molecule has 27 heavy (non-hydrogen) atoms. The minimum Gasteiger partial charge on any atom is -0.452 e. The topological polar surface area (TPSA) is 124 Å². The van der Waals surface area contributed by atoms with Crippen molar-refractivity contribution in [2.75, 3.05) is 26.9 Å². The van der Waals surface area contributed by atoms with Gasteiger partial charge >= 0.3 is 12.0 Å². The Morgan fingerprint density at radius 3 is 2.59 bits per heavy atom. The van der Waals surface area contributed by atoms with Crippen molar-refractivity contribution < 1.29 is 23.9 Å². The molecule has 2 N–H and O–H groups in total. The fourth-order valence-electron chi connectivity index (χ4n) is 2.18. The molecule has 0 aromatic carbocycles. The van der Waals surface area contributed by atoms with Crippen molar-refractivity contribution >= 4 is 17.9 Å². The first kappa shape index (κ1) is 20.0. The van der Waals surface area contributed by atoms with Gasteiger partial charge in [-0.15, -0.1) is 0 Å². The van der Waals surface area contributed by atoms with Crippen LogP contribution in [0.1, 0.15) is 21.7 Å². The Kier molecular flexibility index (Phi) is 7.00. The van der Waals surface area contributed by atoms with Gasteiger partial charge in [-0.05, 0) is 32.0 Å². The summed E-state index contributed by atoms with van der Waals surface area (Å²) in [7, 11) is 1.49. The smallest absolute Gasteiger partial charge is 0.340 e. The summed E-state index contributed by atoms with van der Waals surface area (Å²) in [6.45, 7) is 3.75. The summed E-state index contributed by atoms with van der Waals surface area (Å²) < 4.78 is 11.3. The average Bonchev–Trinajstić information content (AvgIpc) is 2.98. The molecule has 2 aromatic heterocycles. The standard InChI is InChI=1S/C17H21N5O5/c1-11-8-12(2)22(21-11)14-5-4-13(9-19-14)16(24)27-10-15(23)20-17(25)18-6-7-26-3/h4-5,8-9H,6-7,10H2,1-3H3,(H2,18,20,23,25). The molecular formula is C17H21N5O5. The zero-order valence-electron chi connectivity index (χ0n) is 15.3. The Morgan fingerprint density at radius 1 is 1.22 bits per heavy atom. The highest BCUT2D eigenvalue weighted by atomic mass is 16.5. The number of nitrogens with zero attached hydrogens (tertiary/aromatic N) is 3. The number of esters is 1. The van der Waals surface area contributed by atoms with Gasteiger partial charge in [0.2, 0.25) is 0 Å². The number of hydrogen-bond donors (Lipinski definition) is 2. The molecule has 0 saturated carbocycles. The Hall–Kier alpha value is -3.27. The fourth-order valence-corrected chi connectivity index (χ4v) is 2.18. The monoisotopic (exact) mass is 375 g/mol. The van der Waals surface area contributed by atoms with Gasteiger partial charge in [-0.3, -0.25) is 10.1 Å². The molecule has 3 amide bonds. The van der Waals surface area contributed by atoms with Crippen LogP contribution in [0.15, 0.2) is 24.4 Å². The van der Waals surface area contributed by atoms with Crippen LogP contribution in [0.2, 0.25) is 0 Å². The van der Waals surface area contributed by atoms with E-state index >= 15 is 0 Å². The number of rotatable bonds is 7. The Balaban J connectivity index is 1.84. The van der Waals surface area contributed by atoms with Gasteiger partial charge in [0.15, 0.2) is 12.4 Å². The van der Waals surface area contributed by atoms with Gasteiger partial charge in [0.05, 0.1) is 17.9 Å². The van der Waals surface area contributed by atoms with Gasteiger partial charge in [0.25, 0.3) is 5.91 Å². The number of carbonyl (C=O) groups excluding carboxylic acids is 3. The van der Waals surface area contributed by atoms with E-state index in [2.05, 4.69) is 15.4 Å². The van der Waals surface area contributed by atoms with Crippen LogP contribution in [-0.4, -0.2) is 59.5 Å². The van der Waals surface area contributed by atoms with E-state index < -0.39 is 24.5 Å². The normalized spacial score (nSPS) is 10.3. The molecule has 10 nitrogen and oxygen atoms in total. The van der Waals surface area contributed by atoms with Gasteiger partial charge in [-0.25, -0.2) is 19.3 Å². The summed E-state index contributed by atoms with van der Waals surface area (Å²) in [6, 6.07) is 4.37. The summed E-state index contributed by atoms with van der Waals surface area (Å²) in [4.78, 5) is 39.1. The molecule has 2 heterocycles.